The Kier molecular flexibility index (Phi) is 6.40. The third kappa shape index (κ3) is 5.03. The Morgan fingerprint density at radius 3 is 2.45 bits per heavy atom. The molecular weight excluding hydrogens is 422 g/mol. The van der Waals surface area contributed by atoms with Crippen molar-refractivity contribution < 1.29 is 28.5 Å². The summed E-state index contributed by atoms with van der Waals surface area (Å²) in [4.78, 5) is 25.2. The first-order valence-corrected chi connectivity index (χ1v) is 10.8. The highest BCUT2D eigenvalue weighted by Crippen LogP contribution is 2.33. The molecule has 0 N–H and O–H groups in total. The molecule has 0 aliphatic carbocycles. The number of ether oxygens (including phenoxy) is 4. The minimum atomic E-state index is -0.548. The topological polar surface area (TPSA) is 76.0 Å². The van der Waals surface area contributed by atoms with Crippen LogP contribution in [0.5, 0.6) is 17.2 Å². The molecule has 1 aliphatic heterocycles. The van der Waals surface area contributed by atoms with Crippen molar-refractivity contribution in [2.75, 3.05) is 13.4 Å². The molecule has 1 aliphatic rings. The van der Waals surface area contributed by atoms with Gasteiger partial charge < -0.3 is 23.5 Å². The van der Waals surface area contributed by atoms with E-state index >= 15 is 0 Å². The zero-order chi connectivity index (χ0) is 23.5. The predicted octanol–water partition coefficient (Wildman–Crippen LogP) is 4.71. The molecule has 0 amide bonds. The second-order valence-corrected chi connectivity index (χ2v) is 8.25. The molecule has 7 nitrogen and oxygen atoms in total. The van der Waals surface area contributed by atoms with Crippen molar-refractivity contribution in [1.29, 1.82) is 0 Å². The number of benzene rings is 2. The highest BCUT2D eigenvalue weighted by molar-refractivity contribution is 6.00. The fraction of sp³-hybridized carbons (Fsp3) is 0.308. The number of hydrogen-bond acceptors (Lipinski definition) is 6. The van der Waals surface area contributed by atoms with Crippen molar-refractivity contribution in [1.82, 2.24) is 4.57 Å². The second kappa shape index (κ2) is 9.40. The summed E-state index contributed by atoms with van der Waals surface area (Å²) in [5.41, 5.74) is 3.72. The number of ketones is 1. The zero-order valence-electron chi connectivity index (χ0n) is 19.2. The molecule has 0 fully saturated rings. The molecule has 3 aromatic rings. The largest absolute Gasteiger partial charge is 0.491 e. The summed E-state index contributed by atoms with van der Waals surface area (Å²) in [6.45, 7) is 8.20. The molecule has 0 atom stereocenters. The summed E-state index contributed by atoms with van der Waals surface area (Å²) in [5.74, 6) is 1.34. The quantitative estimate of drug-likeness (QED) is 0.366. The van der Waals surface area contributed by atoms with Crippen LogP contribution in [0.25, 0.3) is 0 Å². The Balaban J connectivity index is 1.40. The number of rotatable bonds is 8. The van der Waals surface area contributed by atoms with Crippen molar-refractivity contribution in [2.45, 2.75) is 40.3 Å². The smallest absolute Gasteiger partial charge is 0.338 e. The van der Waals surface area contributed by atoms with Crippen molar-refractivity contribution >= 4 is 11.8 Å². The van der Waals surface area contributed by atoms with Crippen LogP contribution in [0.3, 0.4) is 0 Å². The molecule has 0 unspecified atom stereocenters. The van der Waals surface area contributed by atoms with E-state index in [0.29, 0.717) is 23.4 Å². The van der Waals surface area contributed by atoms with Gasteiger partial charge in [-0.1, -0.05) is 6.07 Å². The molecule has 33 heavy (non-hydrogen) atoms. The first-order valence-electron chi connectivity index (χ1n) is 10.8. The van der Waals surface area contributed by atoms with Crippen LogP contribution in [0.4, 0.5) is 0 Å². The van der Waals surface area contributed by atoms with Gasteiger partial charge in [-0.3, -0.25) is 4.79 Å². The Bertz CT molecular complexity index is 1180. The van der Waals surface area contributed by atoms with Gasteiger partial charge in [0.1, 0.15) is 5.75 Å². The summed E-state index contributed by atoms with van der Waals surface area (Å²) >= 11 is 0. The van der Waals surface area contributed by atoms with Gasteiger partial charge in [0.2, 0.25) is 12.6 Å². The number of aromatic nitrogens is 1. The van der Waals surface area contributed by atoms with Gasteiger partial charge in [0.15, 0.2) is 18.1 Å². The Labute approximate surface area is 192 Å². The minimum absolute atomic E-state index is 0.0458. The maximum Gasteiger partial charge on any atom is 0.338 e. The zero-order valence-corrected chi connectivity index (χ0v) is 19.2. The Hall–Kier alpha value is -3.74. The van der Waals surface area contributed by atoms with Gasteiger partial charge >= 0.3 is 5.97 Å². The molecule has 0 spiro atoms. The van der Waals surface area contributed by atoms with Crippen molar-refractivity contribution in [3.05, 3.63) is 76.6 Å². The van der Waals surface area contributed by atoms with Crippen molar-refractivity contribution in [2.24, 2.45) is 0 Å². The molecule has 0 radical (unpaired) electrons. The number of carbonyl (C=O) groups is 2. The lowest BCUT2D eigenvalue weighted by Crippen LogP contribution is -2.15. The standard InChI is InChI=1S/C26H27NO6/c1-16(2)33-21-8-6-20(7-9-21)26(29)30-14-23(28)22-11-17(3)27(18(22)4)13-19-5-10-24-25(12-19)32-15-31-24/h5-12,16H,13-15H2,1-4H3. The fourth-order valence-corrected chi connectivity index (χ4v) is 3.78. The lowest BCUT2D eigenvalue weighted by molar-refractivity contribution is 0.0474. The summed E-state index contributed by atoms with van der Waals surface area (Å²) in [6, 6.07) is 14.3. The lowest BCUT2D eigenvalue weighted by atomic mass is 10.1. The van der Waals surface area contributed by atoms with E-state index < -0.39 is 5.97 Å². The molecular formula is C26H27NO6. The van der Waals surface area contributed by atoms with Gasteiger partial charge in [0, 0.05) is 23.5 Å². The van der Waals surface area contributed by atoms with E-state index in [0.717, 1.165) is 28.5 Å². The summed E-state index contributed by atoms with van der Waals surface area (Å²) in [7, 11) is 0. The second-order valence-electron chi connectivity index (χ2n) is 8.25. The highest BCUT2D eigenvalue weighted by Gasteiger charge is 2.19. The van der Waals surface area contributed by atoms with Crippen LogP contribution >= 0.6 is 0 Å². The van der Waals surface area contributed by atoms with Gasteiger partial charge in [-0.15, -0.1) is 0 Å². The SMILES string of the molecule is Cc1cc(C(=O)COC(=O)c2ccc(OC(C)C)cc2)c(C)n1Cc1ccc2c(c1)OCO2. The molecule has 172 valence electrons. The molecule has 0 saturated carbocycles. The third-order valence-electron chi connectivity index (χ3n) is 5.45. The number of aryl methyl sites for hydroxylation is 1. The molecule has 4 rings (SSSR count). The van der Waals surface area contributed by atoms with E-state index in [4.69, 9.17) is 18.9 Å². The fourth-order valence-electron chi connectivity index (χ4n) is 3.78. The van der Waals surface area contributed by atoms with Crippen molar-refractivity contribution in [3.63, 3.8) is 0 Å². The third-order valence-corrected chi connectivity index (χ3v) is 5.45. The number of fused-ring (bicyclic) bond motifs is 1. The lowest BCUT2D eigenvalue weighted by Gasteiger charge is -2.11. The van der Waals surface area contributed by atoms with Crippen LogP contribution in [-0.4, -0.2) is 35.8 Å². The number of Topliss-reactive ketones (excluding diaryl/α,β-unsaturated/α-hetero) is 1. The number of nitrogens with zero attached hydrogens (tertiary/aromatic N) is 1. The molecule has 1 aromatic heterocycles. The molecule has 0 saturated heterocycles. The Morgan fingerprint density at radius 2 is 1.73 bits per heavy atom. The summed E-state index contributed by atoms with van der Waals surface area (Å²) < 4.78 is 23.7. The first kappa shape index (κ1) is 22.5. The van der Waals surface area contributed by atoms with Crippen LogP contribution in [0.2, 0.25) is 0 Å². The number of esters is 1. The van der Waals surface area contributed by atoms with Gasteiger partial charge in [-0.25, -0.2) is 4.79 Å². The normalized spacial score (nSPS) is 12.2. The van der Waals surface area contributed by atoms with Crippen LogP contribution in [0.1, 0.15) is 51.5 Å². The van der Waals surface area contributed by atoms with E-state index in [9.17, 15) is 9.59 Å². The summed E-state index contributed by atoms with van der Waals surface area (Å²) in [6.07, 6.45) is 0.0458. The van der Waals surface area contributed by atoms with Crippen LogP contribution < -0.4 is 14.2 Å². The number of hydrogen-bond donors (Lipinski definition) is 0. The minimum Gasteiger partial charge on any atom is -0.491 e. The van der Waals surface area contributed by atoms with Crippen LogP contribution in [0, 0.1) is 13.8 Å². The van der Waals surface area contributed by atoms with Crippen molar-refractivity contribution in [3.8, 4) is 17.2 Å². The molecule has 7 heteroatoms. The first-order chi connectivity index (χ1) is 15.8. The average Bonchev–Trinajstić information content (AvgIpc) is 3.37. The van der Waals surface area contributed by atoms with Gasteiger partial charge in [0.05, 0.1) is 11.7 Å². The molecule has 2 heterocycles. The maximum atomic E-state index is 12.8. The van der Waals surface area contributed by atoms with Crippen LogP contribution in [0.15, 0.2) is 48.5 Å². The highest BCUT2D eigenvalue weighted by atomic mass is 16.7. The summed E-state index contributed by atoms with van der Waals surface area (Å²) in [5, 5.41) is 0. The van der Waals surface area contributed by atoms with E-state index in [1.165, 1.54) is 0 Å². The van der Waals surface area contributed by atoms with E-state index in [-0.39, 0.29) is 25.3 Å². The number of carbonyl (C=O) groups excluding carboxylic acids is 2. The van der Waals surface area contributed by atoms with Gasteiger partial charge in [0.25, 0.3) is 0 Å². The molecule has 0 bridgehead atoms. The molecule has 2 aromatic carbocycles. The predicted molar refractivity (Wildman–Crippen MR) is 122 cm³/mol. The van der Waals surface area contributed by atoms with Gasteiger partial charge in [-0.2, -0.15) is 0 Å². The Morgan fingerprint density at radius 1 is 1.00 bits per heavy atom. The van der Waals surface area contributed by atoms with Gasteiger partial charge in [-0.05, 0) is 75.7 Å². The van der Waals surface area contributed by atoms with Crippen LogP contribution in [-0.2, 0) is 11.3 Å². The monoisotopic (exact) mass is 449 g/mol. The van der Waals surface area contributed by atoms with E-state index in [1.54, 1.807) is 24.3 Å². The van der Waals surface area contributed by atoms with E-state index in [2.05, 4.69) is 4.57 Å². The maximum absolute atomic E-state index is 12.8. The van der Waals surface area contributed by atoms with E-state index in [1.807, 2.05) is 52.0 Å². The average molecular weight is 450 g/mol.